The van der Waals surface area contributed by atoms with E-state index in [1.165, 1.54) is 12.8 Å². The molecular weight excluding hydrogens is 470 g/mol. The highest BCUT2D eigenvalue weighted by Crippen LogP contribution is 2.40. The number of nitrogens with zero attached hydrogens (tertiary/aromatic N) is 3. The molecule has 0 unspecified atom stereocenters. The smallest absolute Gasteiger partial charge is 0.257 e. The van der Waals surface area contributed by atoms with Crippen molar-refractivity contribution in [1.82, 2.24) is 9.91 Å². The number of hydrogen-bond donors (Lipinski definition) is 0. The lowest BCUT2D eigenvalue weighted by molar-refractivity contribution is -0.137. The first kappa shape index (κ1) is 25.1. The van der Waals surface area contributed by atoms with Crippen molar-refractivity contribution in [2.75, 3.05) is 33.9 Å². The lowest BCUT2D eigenvalue weighted by Gasteiger charge is -2.35. The number of hydrogen-bond acceptors (Lipinski definition) is 6. The Bertz CT molecular complexity index is 1210. The van der Waals surface area contributed by atoms with Gasteiger partial charge in [-0.2, -0.15) is 5.10 Å². The zero-order valence-corrected chi connectivity index (χ0v) is 22.0. The van der Waals surface area contributed by atoms with Gasteiger partial charge in [0.15, 0.2) is 0 Å². The van der Waals surface area contributed by atoms with Crippen LogP contribution >= 0.6 is 0 Å². The van der Waals surface area contributed by atoms with Crippen LogP contribution in [0, 0.1) is 11.3 Å². The molecule has 1 aliphatic carbocycles. The molecule has 3 aliphatic rings. The zero-order chi connectivity index (χ0) is 26.2. The Labute approximate surface area is 218 Å². The van der Waals surface area contributed by atoms with Gasteiger partial charge in [0.05, 0.1) is 43.6 Å². The summed E-state index contributed by atoms with van der Waals surface area (Å²) in [5, 5.41) is 6.53. The van der Waals surface area contributed by atoms with E-state index in [2.05, 4.69) is 0 Å². The molecule has 1 saturated heterocycles. The first-order valence-electron chi connectivity index (χ1n) is 13.0. The molecule has 2 aromatic carbocycles. The van der Waals surface area contributed by atoms with Crippen LogP contribution in [0.2, 0.25) is 0 Å². The second-order valence-electron chi connectivity index (χ2n) is 10.6. The third-order valence-electron chi connectivity index (χ3n) is 7.59. The number of rotatable bonds is 8. The fourth-order valence-corrected chi connectivity index (χ4v) is 5.05. The maximum absolute atomic E-state index is 13.6. The summed E-state index contributed by atoms with van der Waals surface area (Å²) in [6, 6.07) is 12.9. The van der Waals surface area contributed by atoms with Crippen LogP contribution in [0.15, 0.2) is 47.6 Å². The molecule has 2 aromatic rings. The Morgan fingerprint density at radius 2 is 1.73 bits per heavy atom. The Morgan fingerprint density at radius 3 is 2.41 bits per heavy atom. The number of benzene rings is 2. The molecule has 0 aromatic heterocycles. The average molecular weight is 506 g/mol. The highest BCUT2D eigenvalue weighted by atomic mass is 16.5. The Balaban J connectivity index is 1.34. The van der Waals surface area contributed by atoms with Crippen molar-refractivity contribution < 1.29 is 23.8 Å². The SMILES string of the molecule is COc1ccc(C2=NN(C3CCN(C(=O)c4ccccc4OC)CC3)C(=O)C2(C)C)c(OCC2CC2)c1. The summed E-state index contributed by atoms with van der Waals surface area (Å²) in [6.45, 7) is 5.60. The van der Waals surface area contributed by atoms with E-state index < -0.39 is 5.41 Å². The van der Waals surface area contributed by atoms with E-state index >= 15 is 0 Å². The number of hydrazone groups is 1. The largest absolute Gasteiger partial charge is 0.497 e. The van der Waals surface area contributed by atoms with Gasteiger partial charge in [-0.15, -0.1) is 0 Å². The van der Waals surface area contributed by atoms with Crippen molar-refractivity contribution in [2.45, 2.75) is 45.6 Å². The van der Waals surface area contributed by atoms with E-state index in [1.807, 2.05) is 49.1 Å². The summed E-state index contributed by atoms with van der Waals surface area (Å²) in [6.07, 6.45) is 3.70. The molecule has 2 aliphatic heterocycles. The van der Waals surface area contributed by atoms with E-state index in [1.54, 1.807) is 31.4 Å². The van der Waals surface area contributed by atoms with Gasteiger partial charge in [-0.05, 0) is 69.7 Å². The number of methoxy groups -OCH3 is 2. The highest BCUT2D eigenvalue weighted by Gasteiger charge is 2.47. The summed E-state index contributed by atoms with van der Waals surface area (Å²) >= 11 is 0. The zero-order valence-electron chi connectivity index (χ0n) is 22.0. The fraction of sp³-hybridized carbons (Fsp3) is 0.483. The summed E-state index contributed by atoms with van der Waals surface area (Å²) in [5.74, 6) is 2.50. The van der Waals surface area contributed by atoms with E-state index in [0.29, 0.717) is 67.0 Å². The van der Waals surface area contributed by atoms with Gasteiger partial charge in [-0.3, -0.25) is 9.59 Å². The van der Waals surface area contributed by atoms with Crippen LogP contribution in [0.5, 0.6) is 17.2 Å². The topological polar surface area (TPSA) is 80.7 Å². The molecule has 37 heavy (non-hydrogen) atoms. The third kappa shape index (κ3) is 4.89. The number of piperidine rings is 1. The van der Waals surface area contributed by atoms with Crippen LogP contribution in [0.4, 0.5) is 0 Å². The first-order valence-corrected chi connectivity index (χ1v) is 13.0. The minimum atomic E-state index is -0.795. The predicted octanol–water partition coefficient (Wildman–Crippen LogP) is 4.37. The summed E-state index contributed by atoms with van der Waals surface area (Å²) in [5.41, 5.74) is 1.29. The number of para-hydroxylation sites is 1. The molecule has 1 saturated carbocycles. The number of amides is 2. The number of ether oxygens (including phenoxy) is 3. The lowest BCUT2D eigenvalue weighted by atomic mass is 9.83. The van der Waals surface area contributed by atoms with Gasteiger partial charge in [0.25, 0.3) is 11.8 Å². The Kier molecular flexibility index (Phi) is 6.84. The normalized spacial score (nSPS) is 19.6. The maximum Gasteiger partial charge on any atom is 0.257 e. The molecular formula is C29H35N3O5. The van der Waals surface area contributed by atoms with Gasteiger partial charge in [-0.25, -0.2) is 5.01 Å². The van der Waals surface area contributed by atoms with Crippen molar-refractivity contribution >= 4 is 17.5 Å². The van der Waals surface area contributed by atoms with E-state index in [0.717, 1.165) is 5.56 Å². The van der Waals surface area contributed by atoms with Crippen LogP contribution < -0.4 is 14.2 Å². The van der Waals surface area contributed by atoms with E-state index in [-0.39, 0.29) is 17.9 Å². The highest BCUT2D eigenvalue weighted by molar-refractivity contribution is 6.20. The van der Waals surface area contributed by atoms with Crippen LogP contribution in [-0.4, -0.2) is 67.4 Å². The van der Waals surface area contributed by atoms with Crippen LogP contribution in [0.1, 0.15) is 55.5 Å². The quantitative estimate of drug-likeness (QED) is 0.532. The van der Waals surface area contributed by atoms with Crippen LogP contribution in [0.3, 0.4) is 0 Å². The lowest BCUT2D eigenvalue weighted by Crippen LogP contribution is -2.47. The van der Waals surface area contributed by atoms with Gasteiger partial charge < -0.3 is 19.1 Å². The second kappa shape index (κ2) is 10.1. The minimum absolute atomic E-state index is 0.0269. The van der Waals surface area contributed by atoms with Crippen molar-refractivity contribution in [2.24, 2.45) is 16.4 Å². The van der Waals surface area contributed by atoms with Gasteiger partial charge in [0.1, 0.15) is 17.2 Å². The molecule has 0 atom stereocenters. The monoisotopic (exact) mass is 505 g/mol. The Morgan fingerprint density at radius 1 is 1.00 bits per heavy atom. The van der Waals surface area contributed by atoms with Gasteiger partial charge in [-0.1, -0.05) is 12.1 Å². The van der Waals surface area contributed by atoms with Gasteiger partial charge >= 0.3 is 0 Å². The summed E-state index contributed by atoms with van der Waals surface area (Å²) in [7, 11) is 3.20. The van der Waals surface area contributed by atoms with Gasteiger partial charge in [0.2, 0.25) is 0 Å². The first-order chi connectivity index (χ1) is 17.8. The molecule has 196 valence electrons. The number of likely N-dealkylation sites (tertiary alicyclic amines) is 1. The molecule has 0 N–H and O–H groups in total. The fourth-order valence-electron chi connectivity index (χ4n) is 5.05. The second-order valence-corrected chi connectivity index (χ2v) is 10.6. The molecule has 2 heterocycles. The van der Waals surface area contributed by atoms with Crippen LogP contribution in [-0.2, 0) is 4.79 Å². The van der Waals surface area contributed by atoms with Crippen molar-refractivity contribution in [1.29, 1.82) is 0 Å². The molecule has 0 radical (unpaired) electrons. The van der Waals surface area contributed by atoms with Crippen molar-refractivity contribution in [3.63, 3.8) is 0 Å². The van der Waals surface area contributed by atoms with Crippen molar-refractivity contribution in [3.8, 4) is 17.2 Å². The average Bonchev–Trinajstić information content (AvgIpc) is 3.73. The summed E-state index contributed by atoms with van der Waals surface area (Å²) in [4.78, 5) is 28.6. The van der Waals surface area contributed by atoms with Crippen LogP contribution in [0.25, 0.3) is 0 Å². The number of carbonyl (C=O) groups is 2. The van der Waals surface area contributed by atoms with Crippen molar-refractivity contribution in [3.05, 3.63) is 53.6 Å². The molecule has 8 nitrogen and oxygen atoms in total. The molecule has 0 spiro atoms. The molecule has 2 fully saturated rings. The molecule has 8 heteroatoms. The third-order valence-corrected chi connectivity index (χ3v) is 7.59. The summed E-state index contributed by atoms with van der Waals surface area (Å²) < 4.78 is 17.0. The van der Waals surface area contributed by atoms with E-state index in [9.17, 15) is 9.59 Å². The standard InChI is InChI=1S/C29H35N3O5/c1-29(2)26(22-12-11-21(35-3)17-25(22)37-18-19-9-10-19)30-32(28(29)34)20-13-15-31(16-14-20)27(33)23-7-5-6-8-24(23)36-4/h5-8,11-12,17,19-20H,9-10,13-16,18H2,1-4H3. The molecule has 2 amide bonds. The number of carbonyl (C=O) groups excluding carboxylic acids is 2. The van der Waals surface area contributed by atoms with E-state index in [4.69, 9.17) is 19.3 Å². The predicted molar refractivity (Wildman–Crippen MR) is 140 cm³/mol. The maximum atomic E-state index is 13.6. The minimum Gasteiger partial charge on any atom is -0.497 e. The molecule has 5 rings (SSSR count). The van der Waals surface area contributed by atoms with Gasteiger partial charge in [0, 0.05) is 24.7 Å². The molecule has 0 bridgehead atoms. The Hall–Kier alpha value is -3.55.